The molecule has 0 saturated carbocycles. The van der Waals surface area contributed by atoms with E-state index in [1.807, 2.05) is 55.5 Å². The van der Waals surface area contributed by atoms with Gasteiger partial charge in [-0.3, -0.25) is 9.59 Å². The molecule has 0 aromatic carbocycles. The molecule has 0 aromatic heterocycles. The quantitative estimate of drug-likeness (QED) is 0.0655. The molecule has 4 atom stereocenters. The van der Waals surface area contributed by atoms with E-state index in [0.29, 0.717) is 25.7 Å². The molecule has 12 nitrogen and oxygen atoms in total. The summed E-state index contributed by atoms with van der Waals surface area (Å²) >= 11 is 1.19. The number of carbonyl (C=O) groups excluding carboxylic acids is 5. The monoisotopic (exact) mass is 647 g/mol. The topological polar surface area (TPSA) is 226 Å². The van der Waals surface area contributed by atoms with Gasteiger partial charge in [-0.05, 0) is 38.5 Å². The van der Waals surface area contributed by atoms with E-state index in [1.54, 1.807) is 24.3 Å². The van der Waals surface area contributed by atoms with Crippen LogP contribution in [0.25, 0.3) is 0 Å². The average molecular weight is 648 g/mol. The number of hydrogen-bond donors (Lipinski definition) is 4. The lowest BCUT2D eigenvalue weighted by Gasteiger charge is -2.23. The first-order chi connectivity index (χ1) is 21.5. The number of thioether (sulfide) groups is 1. The first-order valence-electron chi connectivity index (χ1n) is 14.7. The molecule has 0 spiro atoms. The van der Waals surface area contributed by atoms with Crippen molar-refractivity contribution in [3.8, 4) is 0 Å². The smallest absolute Gasteiger partial charge is 0.243 e. The fourth-order valence-corrected chi connectivity index (χ4v) is 4.60. The number of carboxylic acid groups (broad SMARTS) is 3. The van der Waals surface area contributed by atoms with Crippen molar-refractivity contribution in [1.82, 2.24) is 10.6 Å². The largest absolute Gasteiger partial charge is 0.550 e. The molecule has 13 heteroatoms. The van der Waals surface area contributed by atoms with Crippen molar-refractivity contribution in [2.45, 2.75) is 81.7 Å². The van der Waals surface area contributed by atoms with E-state index >= 15 is 0 Å². The minimum Gasteiger partial charge on any atom is -0.550 e. The van der Waals surface area contributed by atoms with Crippen molar-refractivity contribution in [1.29, 1.82) is 0 Å². The van der Waals surface area contributed by atoms with Crippen LogP contribution in [0.3, 0.4) is 0 Å². The van der Waals surface area contributed by atoms with Crippen LogP contribution in [-0.2, 0) is 24.0 Å². The third-order valence-corrected chi connectivity index (χ3v) is 7.27. The molecule has 0 heterocycles. The standard InChI is InChI=1S/C32H47N3O9S/c1-2-3-14-17-26(36)27(18-15-12-10-8-6-4-5-7-9-11-13-16-19-29(38)39)45-23-25(31(42)34-22-30(40)41)35-28(37)21-20-24(33)32(43)44/h3,5-8,10-15,18,24-27,36H,2,4,9,16-17,19-23,33H2,1H3,(H,34,42)(H,35,37)(H,38,39)(H,40,41)(H,43,44)/p-2/b7-5-,8-6?,12-10?,13-11-,14-3-,18-15?/t24-,25-,26+,27-/m0/s1. The van der Waals surface area contributed by atoms with Crippen LogP contribution in [0.15, 0.2) is 72.9 Å². The molecular weight excluding hydrogens is 602 g/mol. The summed E-state index contributed by atoms with van der Waals surface area (Å²) in [5, 5.41) is 47.1. The van der Waals surface area contributed by atoms with Crippen molar-refractivity contribution in [3.63, 3.8) is 0 Å². The Morgan fingerprint density at radius 3 is 2.16 bits per heavy atom. The highest BCUT2D eigenvalue weighted by Crippen LogP contribution is 2.21. The summed E-state index contributed by atoms with van der Waals surface area (Å²) < 4.78 is 0. The lowest BCUT2D eigenvalue weighted by molar-refractivity contribution is -0.438. The Hall–Kier alpha value is -3.94. The SMILES string of the molecule is CC/C=C\C[C@@H](O)[C@H](C=CC=CC=CC/C=C\C/C=C\CCC(=O)[O-])SC[C@H](NC(=O)CC[C@H]([NH3+])C(=O)[O-])C(=O)NCC(=O)[O-]. The van der Waals surface area contributed by atoms with Gasteiger partial charge in [-0.1, -0.05) is 79.8 Å². The lowest BCUT2D eigenvalue weighted by Crippen LogP contribution is -2.68. The van der Waals surface area contributed by atoms with Crippen LogP contribution in [0.4, 0.5) is 0 Å². The molecule has 0 bridgehead atoms. The Bertz CT molecular complexity index is 1100. The zero-order valence-electron chi connectivity index (χ0n) is 25.6. The summed E-state index contributed by atoms with van der Waals surface area (Å²) in [6.07, 6.45) is 24.2. The number of hydrogen-bond acceptors (Lipinski definition) is 10. The van der Waals surface area contributed by atoms with Crippen LogP contribution in [0.5, 0.6) is 0 Å². The zero-order chi connectivity index (χ0) is 33.9. The lowest BCUT2D eigenvalue weighted by atomic mass is 10.1. The Kier molecular flexibility index (Phi) is 24.1. The average Bonchev–Trinajstić information content (AvgIpc) is 2.99. The fraction of sp³-hybridized carbons (Fsp3) is 0.469. The molecule has 0 aliphatic rings. The number of nitrogens with one attached hydrogen (secondary N) is 2. The highest BCUT2D eigenvalue weighted by atomic mass is 32.2. The summed E-state index contributed by atoms with van der Waals surface area (Å²) in [5.41, 5.74) is 3.39. The summed E-state index contributed by atoms with van der Waals surface area (Å²) in [7, 11) is 0. The van der Waals surface area contributed by atoms with E-state index < -0.39 is 59.7 Å². The van der Waals surface area contributed by atoms with Gasteiger partial charge in [0.15, 0.2) is 0 Å². The highest BCUT2D eigenvalue weighted by molar-refractivity contribution is 8.00. The van der Waals surface area contributed by atoms with Gasteiger partial charge in [0.1, 0.15) is 12.1 Å². The molecule has 6 N–H and O–H groups in total. The minimum absolute atomic E-state index is 0.00821. The summed E-state index contributed by atoms with van der Waals surface area (Å²) in [6, 6.07) is -2.27. The van der Waals surface area contributed by atoms with Gasteiger partial charge >= 0.3 is 0 Å². The molecule has 0 aromatic rings. The maximum absolute atomic E-state index is 12.6. The number of quaternary nitrogens is 1. The van der Waals surface area contributed by atoms with Crippen LogP contribution >= 0.6 is 11.8 Å². The van der Waals surface area contributed by atoms with Gasteiger partial charge in [-0.15, -0.1) is 11.8 Å². The molecule has 0 saturated heterocycles. The molecule has 0 fully saturated rings. The molecule has 2 amide bonds. The first kappa shape index (κ1) is 41.1. The molecular formula is C32H45N3O9S-2. The maximum Gasteiger partial charge on any atom is 0.243 e. The summed E-state index contributed by atoms with van der Waals surface area (Å²) in [6.45, 7) is 1.21. The fourth-order valence-electron chi connectivity index (χ4n) is 3.42. The second-order valence-electron chi connectivity index (χ2n) is 9.77. The number of aliphatic hydroxyl groups excluding tert-OH is 1. The molecule has 45 heavy (non-hydrogen) atoms. The molecule has 0 radical (unpaired) electrons. The number of allylic oxidation sites excluding steroid dienone is 10. The Morgan fingerprint density at radius 2 is 1.51 bits per heavy atom. The van der Waals surface area contributed by atoms with E-state index in [4.69, 9.17) is 0 Å². The van der Waals surface area contributed by atoms with Crippen LogP contribution in [0, 0.1) is 0 Å². The van der Waals surface area contributed by atoms with Crippen molar-refractivity contribution in [3.05, 3.63) is 72.9 Å². The second-order valence-corrected chi connectivity index (χ2v) is 11.0. The van der Waals surface area contributed by atoms with Crippen molar-refractivity contribution in [2.24, 2.45) is 0 Å². The van der Waals surface area contributed by atoms with Crippen molar-refractivity contribution < 1.29 is 50.1 Å². The van der Waals surface area contributed by atoms with Gasteiger partial charge in [-0.2, -0.15) is 0 Å². The van der Waals surface area contributed by atoms with Gasteiger partial charge < -0.3 is 51.2 Å². The van der Waals surface area contributed by atoms with E-state index in [1.165, 1.54) is 11.8 Å². The van der Waals surface area contributed by atoms with Crippen LogP contribution < -0.4 is 31.7 Å². The maximum atomic E-state index is 12.6. The van der Waals surface area contributed by atoms with E-state index in [0.717, 1.165) is 6.42 Å². The molecule has 0 aliphatic heterocycles. The van der Waals surface area contributed by atoms with Gasteiger partial charge in [0.2, 0.25) is 11.8 Å². The Labute approximate surface area is 268 Å². The van der Waals surface area contributed by atoms with Crippen LogP contribution in [-0.4, -0.2) is 70.6 Å². The zero-order valence-corrected chi connectivity index (χ0v) is 26.5. The summed E-state index contributed by atoms with van der Waals surface area (Å²) in [4.78, 5) is 57.1. The predicted octanol–water partition coefficient (Wildman–Crippen LogP) is -1.61. The number of carbonyl (C=O) groups is 5. The number of aliphatic carboxylic acids is 3. The first-order valence-corrected chi connectivity index (χ1v) is 15.8. The van der Waals surface area contributed by atoms with Gasteiger partial charge in [0, 0.05) is 29.8 Å². The Morgan fingerprint density at radius 1 is 0.844 bits per heavy atom. The normalized spacial score (nSPS) is 14.9. The summed E-state index contributed by atoms with van der Waals surface area (Å²) in [5.74, 6) is -5.37. The number of aliphatic hydroxyl groups is 1. The highest BCUT2D eigenvalue weighted by Gasteiger charge is 2.25. The second kappa shape index (κ2) is 26.5. The van der Waals surface area contributed by atoms with Crippen LogP contribution in [0.2, 0.25) is 0 Å². The molecule has 0 unspecified atom stereocenters. The minimum atomic E-state index is -1.51. The number of carboxylic acids is 3. The molecule has 250 valence electrons. The van der Waals surface area contributed by atoms with Crippen LogP contribution in [0.1, 0.15) is 58.3 Å². The van der Waals surface area contributed by atoms with Gasteiger partial charge in [0.25, 0.3) is 0 Å². The van der Waals surface area contributed by atoms with Gasteiger partial charge in [-0.25, -0.2) is 0 Å². The molecule has 0 aliphatic carbocycles. The van der Waals surface area contributed by atoms with Crippen molar-refractivity contribution in [2.75, 3.05) is 12.3 Å². The van der Waals surface area contributed by atoms with E-state index in [9.17, 15) is 44.4 Å². The van der Waals surface area contributed by atoms with E-state index in [-0.39, 0.29) is 25.0 Å². The van der Waals surface area contributed by atoms with Gasteiger partial charge in [0.05, 0.1) is 24.6 Å². The van der Waals surface area contributed by atoms with E-state index in [2.05, 4.69) is 16.4 Å². The Balaban J connectivity index is 5.27. The van der Waals surface area contributed by atoms with Crippen molar-refractivity contribution >= 4 is 41.5 Å². The predicted molar refractivity (Wildman–Crippen MR) is 166 cm³/mol. The number of amides is 2. The molecule has 0 rings (SSSR count). The third-order valence-electron chi connectivity index (χ3n) is 5.89. The number of rotatable bonds is 25. The third kappa shape index (κ3) is 24.1.